The highest BCUT2D eigenvalue weighted by atomic mass is 32.1. The topological polar surface area (TPSA) is 345 Å². The molecule has 0 bridgehead atoms. The van der Waals surface area contributed by atoms with E-state index in [4.69, 9.17) is 11.5 Å². The van der Waals surface area contributed by atoms with Crippen molar-refractivity contribution in [1.29, 1.82) is 0 Å². The van der Waals surface area contributed by atoms with E-state index < -0.39 is 102 Å². The molecule has 7 rings (SSSR count). The van der Waals surface area contributed by atoms with E-state index >= 15 is 9.59 Å². The van der Waals surface area contributed by atoms with Gasteiger partial charge in [-0.3, -0.25) is 33.6 Å². The molecule has 0 spiro atoms. The van der Waals surface area contributed by atoms with E-state index in [9.17, 15) is 39.0 Å². The number of fused-ring (bicyclic) bond motifs is 2. The number of nitrogens with one attached hydrogen (secondary N) is 9. The summed E-state index contributed by atoms with van der Waals surface area (Å²) in [6.07, 6.45) is 2.52. The summed E-state index contributed by atoms with van der Waals surface area (Å²) in [5.74, 6) is -6.73. The Morgan fingerprint density at radius 1 is 0.459 bits per heavy atom. The quantitative estimate of drug-likeness (QED) is 0.0214. The van der Waals surface area contributed by atoms with E-state index in [1.54, 1.807) is 73.1 Å². The molecule has 21 nitrogen and oxygen atoms in total. The molecule has 5 aromatic carbocycles. The van der Waals surface area contributed by atoms with Gasteiger partial charge in [-0.15, -0.1) is 0 Å². The molecule has 2 heterocycles. The SMILES string of the molecule is C[C@@H](O)[C@H](NC(=O)[C@H](CCCCN)NC(=O)[C@@H](Cc1c[nH]c2ccccc12)NC(=O)[C@H](Cc1c[nH]c2ccccc12)NC(=O)[C@H](Cc1ccccc1)NC(=O)[C@H](CCS)NC(=O)[C@H](N)Cc1ccccc1)C(=O)N[C@@H](Cc1ccccc1)C(=O)O. The number of rotatable bonds is 32. The summed E-state index contributed by atoms with van der Waals surface area (Å²) in [6.45, 7) is 1.50. The zero-order chi connectivity index (χ0) is 60.8. The van der Waals surface area contributed by atoms with Crippen molar-refractivity contribution in [2.24, 2.45) is 11.5 Å². The van der Waals surface area contributed by atoms with Gasteiger partial charge in [0.15, 0.2) is 0 Å². The van der Waals surface area contributed by atoms with Crippen LogP contribution < -0.4 is 48.7 Å². The number of aromatic amines is 2. The smallest absolute Gasteiger partial charge is 0.326 e. The fourth-order valence-electron chi connectivity index (χ4n) is 9.98. The van der Waals surface area contributed by atoms with Crippen molar-refractivity contribution in [1.82, 2.24) is 47.2 Å². The second-order valence-corrected chi connectivity index (χ2v) is 21.5. The highest BCUT2D eigenvalue weighted by molar-refractivity contribution is 7.80. The third-order valence-corrected chi connectivity index (χ3v) is 14.9. The highest BCUT2D eigenvalue weighted by Crippen LogP contribution is 2.22. The molecule has 7 aromatic rings. The Kier molecular flexibility index (Phi) is 23.8. The first-order valence-electron chi connectivity index (χ1n) is 28.3. The number of carbonyl (C=O) groups excluding carboxylic acids is 7. The van der Waals surface area contributed by atoms with Gasteiger partial charge in [-0.2, -0.15) is 12.6 Å². The highest BCUT2D eigenvalue weighted by Gasteiger charge is 2.36. The lowest BCUT2D eigenvalue weighted by atomic mass is 9.99. The summed E-state index contributed by atoms with van der Waals surface area (Å²) in [4.78, 5) is 120. The van der Waals surface area contributed by atoms with Gasteiger partial charge in [0.05, 0.1) is 12.1 Å². The minimum Gasteiger partial charge on any atom is -0.480 e. The van der Waals surface area contributed by atoms with Gasteiger partial charge in [0.25, 0.3) is 0 Å². The molecule has 448 valence electrons. The first-order chi connectivity index (χ1) is 41.0. The van der Waals surface area contributed by atoms with Gasteiger partial charge >= 0.3 is 5.97 Å². The number of hydrogen-bond acceptors (Lipinski definition) is 12. The van der Waals surface area contributed by atoms with E-state index in [1.807, 2.05) is 78.9 Å². The number of aliphatic hydroxyl groups is 1. The maximum Gasteiger partial charge on any atom is 0.326 e. The van der Waals surface area contributed by atoms with E-state index in [0.29, 0.717) is 35.1 Å². The van der Waals surface area contributed by atoms with E-state index in [1.165, 1.54) is 6.92 Å². The average molecular weight is 1180 g/mol. The predicted octanol–water partition coefficient (Wildman–Crippen LogP) is 2.80. The molecule has 9 atom stereocenters. The lowest BCUT2D eigenvalue weighted by Gasteiger charge is -2.28. The molecular formula is C63H75N11O10S. The van der Waals surface area contributed by atoms with Crippen molar-refractivity contribution < 1.29 is 48.6 Å². The Morgan fingerprint density at radius 2 is 0.835 bits per heavy atom. The first kappa shape index (κ1) is 63.7. The van der Waals surface area contributed by atoms with Crippen molar-refractivity contribution in [3.8, 4) is 0 Å². The van der Waals surface area contributed by atoms with Crippen LogP contribution in [0.4, 0.5) is 0 Å². The zero-order valence-electron chi connectivity index (χ0n) is 47.2. The Morgan fingerprint density at radius 3 is 1.29 bits per heavy atom. The summed E-state index contributed by atoms with van der Waals surface area (Å²) >= 11 is 4.36. The minimum absolute atomic E-state index is 0.00474. The number of H-pyrrole nitrogens is 2. The van der Waals surface area contributed by atoms with E-state index in [2.05, 4.69) is 59.8 Å². The Balaban J connectivity index is 1.17. The number of carbonyl (C=O) groups is 8. The van der Waals surface area contributed by atoms with Gasteiger partial charge in [0.2, 0.25) is 41.4 Å². The van der Waals surface area contributed by atoms with Crippen LogP contribution in [-0.4, -0.2) is 134 Å². The van der Waals surface area contributed by atoms with Crippen LogP contribution in [0.5, 0.6) is 0 Å². The first-order valence-corrected chi connectivity index (χ1v) is 29.0. The standard InChI is InChI=1S/C63H75N11O10S/c1-38(75)55(62(82)73-54(63(83)84)33-41-21-9-4-10-22-41)74-58(78)49(27-15-16-29-64)69-60(80)52(34-42-36-66-47-25-13-11-23-44(42)47)72-61(81)53(35-43-37-67-48-26-14-12-24-45(43)48)71-59(79)51(32-40-19-7-3-8-20-40)70-57(77)50(28-30-85)68-56(76)46(65)31-39-17-5-2-6-18-39/h2-14,17-26,36-38,46,49-55,66-67,75,85H,15-16,27-35,64-65H2,1H3,(H,68,76)(H,69,80)(H,70,77)(H,71,79)(H,72,81)(H,73,82)(H,74,78)(H,83,84)/t38-,46-,49+,50+,51+,52-,53+,54+,55+/m1/s1. The number of amides is 7. The number of thiol groups is 1. The van der Waals surface area contributed by atoms with Crippen LogP contribution in [0, 0.1) is 0 Å². The molecule has 85 heavy (non-hydrogen) atoms. The molecule has 0 aliphatic heterocycles. The second kappa shape index (κ2) is 31.7. The number of unbranched alkanes of at least 4 members (excludes halogenated alkanes) is 1. The molecule has 0 radical (unpaired) electrons. The van der Waals surface area contributed by atoms with Crippen molar-refractivity contribution in [2.45, 2.75) is 119 Å². The molecule has 7 amide bonds. The normalized spacial score (nSPS) is 14.5. The second-order valence-electron chi connectivity index (χ2n) is 21.0. The maximum absolute atomic E-state index is 15.3. The summed E-state index contributed by atoms with van der Waals surface area (Å²) < 4.78 is 0. The van der Waals surface area contributed by atoms with Crippen LogP contribution in [-0.2, 0) is 70.5 Å². The third kappa shape index (κ3) is 18.6. The molecule has 15 N–H and O–H groups in total. The minimum atomic E-state index is -1.67. The lowest BCUT2D eigenvalue weighted by Crippen LogP contribution is -2.61. The number of aliphatic carboxylic acids is 1. The molecule has 0 unspecified atom stereocenters. The Bertz CT molecular complexity index is 3360. The summed E-state index contributed by atoms with van der Waals surface area (Å²) in [5, 5.41) is 41.5. The van der Waals surface area contributed by atoms with Gasteiger partial charge in [0.1, 0.15) is 42.3 Å². The monoisotopic (exact) mass is 1180 g/mol. The third-order valence-electron chi connectivity index (χ3n) is 14.6. The zero-order valence-corrected chi connectivity index (χ0v) is 48.1. The molecule has 0 saturated heterocycles. The number of nitrogens with two attached hydrogens (primary N) is 2. The van der Waals surface area contributed by atoms with Crippen LogP contribution in [0.2, 0.25) is 0 Å². The van der Waals surface area contributed by atoms with Crippen LogP contribution in [0.3, 0.4) is 0 Å². The number of benzene rings is 5. The average Bonchev–Trinajstić information content (AvgIpc) is 3.40. The summed E-state index contributed by atoms with van der Waals surface area (Å²) in [5.41, 5.74) is 17.0. The number of carboxylic acid groups (broad SMARTS) is 1. The number of para-hydroxylation sites is 2. The maximum atomic E-state index is 15.3. The van der Waals surface area contributed by atoms with Gasteiger partial charge in [-0.25, -0.2) is 4.79 Å². The van der Waals surface area contributed by atoms with Crippen LogP contribution in [0.25, 0.3) is 21.8 Å². The summed E-state index contributed by atoms with van der Waals surface area (Å²) in [7, 11) is 0. The summed E-state index contributed by atoms with van der Waals surface area (Å²) in [6, 6.07) is 30.5. The molecule has 2 aromatic heterocycles. The molecule has 0 saturated carbocycles. The molecule has 0 aliphatic carbocycles. The Labute approximate surface area is 498 Å². The van der Waals surface area contributed by atoms with Gasteiger partial charge < -0.3 is 68.9 Å². The molecule has 22 heteroatoms. The van der Waals surface area contributed by atoms with Crippen molar-refractivity contribution in [2.75, 3.05) is 12.3 Å². The molecule has 0 aliphatic rings. The van der Waals surface area contributed by atoms with Gasteiger partial charge in [-0.1, -0.05) is 127 Å². The van der Waals surface area contributed by atoms with Gasteiger partial charge in [0, 0.05) is 59.9 Å². The van der Waals surface area contributed by atoms with Crippen molar-refractivity contribution in [3.05, 3.63) is 180 Å². The number of aromatic nitrogens is 2. The van der Waals surface area contributed by atoms with E-state index in [-0.39, 0.29) is 57.2 Å². The largest absolute Gasteiger partial charge is 0.480 e. The van der Waals surface area contributed by atoms with Crippen LogP contribution in [0.15, 0.2) is 152 Å². The number of hydrogen-bond donors (Lipinski definition) is 14. The molecule has 0 fully saturated rings. The fourth-order valence-corrected chi connectivity index (χ4v) is 10.2. The van der Waals surface area contributed by atoms with Crippen LogP contribution >= 0.6 is 12.6 Å². The van der Waals surface area contributed by atoms with Crippen molar-refractivity contribution >= 4 is 81.8 Å². The lowest BCUT2D eigenvalue weighted by molar-refractivity contribution is -0.143. The van der Waals surface area contributed by atoms with E-state index in [0.717, 1.165) is 27.4 Å². The van der Waals surface area contributed by atoms with Crippen molar-refractivity contribution in [3.63, 3.8) is 0 Å². The fraction of sp³-hybridized carbons (Fsp3) is 0.333. The van der Waals surface area contributed by atoms with Crippen LogP contribution in [0.1, 0.15) is 60.4 Å². The van der Waals surface area contributed by atoms with Gasteiger partial charge in [-0.05, 0) is 91.3 Å². The number of carboxylic acids is 1. The predicted molar refractivity (Wildman–Crippen MR) is 327 cm³/mol. The molecular weight excluding hydrogens is 1100 g/mol. The number of aliphatic hydroxyl groups excluding tert-OH is 1. The Hall–Kier alpha value is -8.83.